The Balaban J connectivity index is 1.68. The Hall–Kier alpha value is -2.89. The Bertz CT molecular complexity index is 779. The van der Waals surface area contributed by atoms with Crippen LogP contribution in [-0.4, -0.2) is 27.8 Å². The first kappa shape index (κ1) is 15.0. The van der Waals surface area contributed by atoms with Gasteiger partial charge in [0.1, 0.15) is 5.76 Å². The second-order valence-corrected chi connectivity index (χ2v) is 5.28. The number of aryl methyl sites for hydroxylation is 1. The number of furan rings is 1. The molecule has 0 radical (unpaired) electrons. The molecule has 0 bridgehead atoms. The van der Waals surface area contributed by atoms with Gasteiger partial charge in [-0.3, -0.25) is 9.78 Å². The first-order valence-corrected chi connectivity index (χ1v) is 7.26. The molecule has 3 rings (SSSR count). The number of aromatic nitrogens is 2. The zero-order valence-corrected chi connectivity index (χ0v) is 13.0. The molecule has 0 saturated heterocycles. The molecule has 3 aromatic rings. The number of pyridine rings is 1. The lowest BCUT2D eigenvalue weighted by Crippen LogP contribution is -2.28. The molecule has 0 saturated carbocycles. The predicted octanol–water partition coefficient (Wildman–Crippen LogP) is 2.84. The van der Waals surface area contributed by atoms with Crippen LogP contribution in [0, 0.1) is 6.92 Å². The Morgan fingerprint density at radius 1 is 1.26 bits per heavy atom. The molecule has 6 nitrogen and oxygen atoms in total. The second kappa shape index (κ2) is 6.48. The summed E-state index contributed by atoms with van der Waals surface area (Å²) in [7, 11) is 1.77. The lowest BCUT2D eigenvalue weighted by Gasteiger charge is -2.16. The molecule has 118 valence electrons. The van der Waals surface area contributed by atoms with Crippen molar-refractivity contribution in [3.8, 4) is 11.7 Å². The highest BCUT2D eigenvalue weighted by atomic mass is 16.4. The monoisotopic (exact) mass is 311 g/mol. The van der Waals surface area contributed by atoms with Crippen molar-refractivity contribution in [1.29, 1.82) is 0 Å². The van der Waals surface area contributed by atoms with Crippen LogP contribution in [0.5, 0.6) is 0 Å². The van der Waals surface area contributed by atoms with Gasteiger partial charge in [0, 0.05) is 26.0 Å². The van der Waals surface area contributed by atoms with Crippen LogP contribution in [0.2, 0.25) is 0 Å². The molecule has 0 N–H and O–H groups in total. The molecule has 0 aliphatic carbocycles. The quantitative estimate of drug-likeness (QED) is 0.724. The van der Waals surface area contributed by atoms with E-state index in [1.807, 2.05) is 12.1 Å². The number of rotatable bonds is 5. The summed E-state index contributed by atoms with van der Waals surface area (Å²) in [5.74, 6) is 1.55. The maximum atomic E-state index is 12.4. The second-order valence-electron chi connectivity index (χ2n) is 5.28. The zero-order valence-electron chi connectivity index (χ0n) is 13.0. The Morgan fingerprint density at radius 3 is 2.74 bits per heavy atom. The molecule has 0 atom stereocenters. The van der Waals surface area contributed by atoms with Crippen LogP contribution in [0.15, 0.2) is 51.8 Å². The molecule has 0 fully saturated rings. The van der Waals surface area contributed by atoms with E-state index >= 15 is 0 Å². The van der Waals surface area contributed by atoms with Gasteiger partial charge in [-0.15, -0.1) is 0 Å². The van der Waals surface area contributed by atoms with E-state index in [1.54, 1.807) is 49.7 Å². The maximum Gasteiger partial charge on any atom is 0.263 e. The molecule has 6 heteroatoms. The first-order valence-electron chi connectivity index (χ1n) is 7.26. The van der Waals surface area contributed by atoms with Crippen molar-refractivity contribution in [3.05, 3.63) is 59.9 Å². The maximum absolute atomic E-state index is 12.4. The van der Waals surface area contributed by atoms with E-state index in [4.69, 9.17) is 8.83 Å². The summed E-state index contributed by atoms with van der Waals surface area (Å²) >= 11 is 0. The van der Waals surface area contributed by atoms with Gasteiger partial charge in [0.25, 0.3) is 5.89 Å². The number of carbonyl (C=O) groups is 1. The van der Waals surface area contributed by atoms with Crippen molar-refractivity contribution in [3.63, 3.8) is 0 Å². The molecule has 23 heavy (non-hydrogen) atoms. The predicted molar refractivity (Wildman–Crippen MR) is 83.4 cm³/mol. The molecule has 3 heterocycles. The van der Waals surface area contributed by atoms with E-state index in [9.17, 15) is 4.79 Å². The number of amides is 1. The summed E-state index contributed by atoms with van der Waals surface area (Å²) in [5.41, 5.74) is 1.66. The van der Waals surface area contributed by atoms with Crippen molar-refractivity contribution in [2.45, 2.75) is 19.9 Å². The average Bonchev–Trinajstić information content (AvgIpc) is 3.19. The topological polar surface area (TPSA) is 72.4 Å². The van der Waals surface area contributed by atoms with Crippen molar-refractivity contribution >= 4 is 5.91 Å². The van der Waals surface area contributed by atoms with Gasteiger partial charge in [0.05, 0.1) is 18.4 Å². The number of hydrogen-bond acceptors (Lipinski definition) is 5. The Morgan fingerprint density at radius 2 is 2.04 bits per heavy atom. The summed E-state index contributed by atoms with van der Waals surface area (Å²) in [6.07, 6.45) is 5.18. The van der Waals surface area contributed by atoms with Crippen molar-refractivity contribution in [1.82, 2.24) is 14.9 Å². The number of oxazole rings is 1. The smallest absolute Gasteiger partial charge is 0.263 e. The third-order valence-corrected chi connectivity index (χ3v) is 3.54. The van der Waals surface area contributed by atoms with Crippen molar-refractivity contribution in [2.24, 2.45) is 0 Å². The number of carbonyl (C=O) groups excluding carboxylic acids is 1. The van der Waals surface area contributed by atoms with E-state index in [-0.39, 0.29) is 12.3 Å². The van der Waals surface area contributed by atoms with Crippen molar-refractivity contribution in [2.75, 3.05) is 7.05 Å². The normalized spacial score (nSPS) is 10.7. The van der Waals surface area contributed by atoms with E-state index in [2.05, 4.69) is 9.97 Å². The lowest BCUT2D eigenvalue weighted by atomic mass is 10.2. The first-order chi connectivity index (χ1) is 11.1. The highest BCUT2D eigenvalue weighted by Gasteiger charge is 2.18. The zero-order chi connectivity index (χ0) is 16.2. The molecule has 0 aromatic carbocycles. The van der Waals surface area contributed by atoms with Crippen molar-refractivity contribution < 1.29 is 13.6 Å². The molecular weight excluding hydrogens is 294 g/mol. The van der Waals surface area contributed by atoms with Crippen LogP contribution in [0.3, 0.4) is 0 Å². The SMILES string of the molecule is Cc1oc(-c2ccco2)nc1CC(=O)N(C)Cc1ccncc1. The molecular formula is C17H17N3O3. The standard InChI is InChI=1S/C17H17N3O3/c1-12-14(19-17(23-12)15-4-3-9-22-15)10-16(21)20(2)11-13-5-7-18-8-6-13/h3-9H,10-11H2,1-2H3. The van der Waals surface area contributed by atoms with Gasteiger partial charge in [-0.1, -0.05) is 0 Å². The average molecular weight is 311 g/mol. The molecule has 1 amide bonds. The van der Waals surface area contributed by atoms with Gasteiger partial charge in [-0.2, -0.15) is 0 Å². The van der Waals surface area contributed by atoms with E-state index in [0.29, 0.717) is 29.6 Å². The fourth-order valence-corrected chi connectivity index (χ4v) is 2.23. The largest absolute Gasteiger partial charge is 0.459 e. The minimum atomic E-state index is -0.0239. The number of hydrogen-bond donors (Lipinski definition) is 0. The van der Waals surface area contributed by atoms with Crippen LogP contribution in [0.25, 0.3) is 11.7 Å². The van der Waals surface area contributed by atoms with Crippen LogP contribution >= 0.6 is 0 Å². The van der Waals surface area contributed by atoms with Gasteiger partial charge < -0.3 is 13.7 Å². The van der Waals surface area contributed by atoms with Gasteiger partial charge in [-0.05, 0) is 36.8 Å². The minimum Gasteiger partial charge on any atom is -0.459 e. The van der Waals surface area contributed by atoms with Gasteiger partial charge in [0.2, 0.25) is 5.91 Å². The van der Waals surface area contributed by atoms with Gasteiger partial charge in [-0.25, -0.2) is 4.98 Å². The van der Waals surface area contributed by atoms with E-state index < -0.39 is 0 Å². The van der Waals surface area contributed by atoms with Crippen LogP contribution in [0.4, 0.5) is 0 Å². The number of likely N-dealkylation sites (N-methyl/N-ethyl adjacent to an activating group) is 1. The van der Waals surface area contributed by atoms with Gasteiger partial charge >= 0.3 is 0 Å². The third-order valence-electron chi connectivity index (χ3n) is 3.54. The third kappa shape index (κ3) is 3.48. The summed E-state index contributed by atoms with van der Waals surface area (Å²) in [6, 6.07) is 7.31. The van der Waals surface area contributed by atoms with E-state index in [0.717, 1.165) is 5.56 Å². The molecule has 0 spiro atoms. The highest BCUT2D eigenvalue weighted by Crippen LogP contribution is 2.22. The van der Waals surface area contributed by atoms with Crippen LogP contribution in [0.1, 0.15) is 17.0 Å². The Labute approximate surface area is 133 Å². The fraction of sp³-hybridized carbons (Fsp3) is 0.235. The lowest BCUT2D eigenvalue weighted by molar-refractivity contribution is -0.129. The summed E-state index contributed by atoms with van der Waals surface area (Å²) < 4.78 is 10.8. The Kier molecular flexibility index (Phi) is 4.23. The minimum absolute atomic E-state index is 0.0239. The fourth-order valence-electron chi connectivity index (χ4n) is 2.23. The highest BCUT2D eigenvalue weighted by molar-refractivity contribution is 5.78. The molecule has 0 aliphatic heterocycles. The number of nitrogens with zero attached hydrogens (tertiary/aromatic N) is 3. The molecule has 0 aliphatic rings. The molecule has 3 aromatic heterocycles. The summed E-state index contributed by atoms with van der Waals surface area (Å²) in [5, 5.41) is 0. The summed E-state index contributed by atoms with van der Waals surface area (Å²) in [4.78, 5) is 22.4. The summed E-state index contributed by atoms with van der Waals surface area (Å²) in [6.45, 7) is 2.33. The van der Waals surface area contributed by atoms with Crippen LogP contribution < -0.4 is 0 Å². The van der Waals surface area contributed by atoms with E-state index in [1.165, 1.54) is 0 Å². The van der Waals surface area contributed by atoms with Gasteiger partial charge in [0.15, 0.2) is 5.76 Å². The molecule has 0 unspecified atom stereocenters. The van der Waals surface area contributed by atoms with Crippen LogP contribution in [-0.2, 0) is 17.8 Å².